The van der Waals surface area contributed by atoms with E-state index in [2.05, 4.69) is 5.32 Å². The van der Waals surface area contributed by atoms with E-state index in [1.807, 2.05) is 65.0 Å². The Morgan fingerprint density at radius 1 is 0.902 bits per heavy atom. The predicted octanol–water partition coefficient (Wildman–Crippen LogP) is 5.23. The molecule has 8 nitrogen and oxygen atoms in total. The number of carbonyl (C=O) groups is 2. The number of ether oxygens (including phenoxy) is 1. The highest BCUT2D eigenvalue weighted by atomic mass is 32.2. The first-order valence-corrected chi connectivity index (χ1v) is 15.3. The van der Waals surface area contributed by atoms with Crippen molar-refractivity contribution in [1.82, 2.24) is 10.2 Å². The Morgan fingerprint density at radius 3 is 2.20 bits per heavy atom. The summed E-state index contributed by atoms with van der Waals surface area (Å²) >= 11 is 0. The van der Waals surface area contributed by atoms with Crippen LogP contribution in [0.4, 0.5) is 5.69 Å². The van der Waals surface area contributed by atoms with Gasteiger partial charge in [-0.15, -0.1) is 0 Å². The van der Waals surface area contributed by atoms with E-state index in [1.165, 1.54) is 24.1 Å². The molecule has 3 rings (SSSR count). The van der Waals surface area contributed by atoms with E-state index in [4.69, 9.17) is 4.74 Å². The van der Waals surface area contributed by atoms with Gasteiger partial charge in [0, 0.05) is 12.6 Å². The monoisotopic (exact) mass is 579 g/mol. The predicted molar refractivity (Wildman–Crippen MR) is 162 cm³/mol. The highest BCUT2D eigenvalue weighted by Crippen LogP contribution is 2.33. The Bertz CT molecular complexity index is 1440. The third-order valence-electron chi connectivity index (χ3n) is 7.04. The van der Waals surface area contributed by atoms with Gasteiger partial charge in [0.25, 0.3) is 10.0 Å². The molecule has 0 heterocycles. The molecule has 0 fully saturated rings. The van der Waals surface area contributed by atoms with Gasteiger partial charge < -0.3 is 15.0 Å². The number of benzene rings is 3. The number of aryl methyl sites for hydroxylation is 2. The molecule has 1 N–H and O–H groups in total. The maximum atomic E-state index is 14.2. The summed E-state index contributed by atoms with van der Waals surface area (Å²) in [4.78, 5) is 29.2. The molecule has 0 unspecified atom stereocenters. The Balaban J connectivity index is 2.12. The molecule has 41 heavy (non-hydrogen) atoms. The van der Waals surface area contributed by atoms with Gasteiger partial charge >= 0.3 is 0 Å². The summed E-state index contributed by atoms with van der Waals surface area (Å²) in [6.45, 7) is 9.17. The molecule has 3 aromatic carbocycles. The molecule has 3 aromatic rings. The van der Waals surface area contributed by atoms with Crippen molar-refractivity contribution in [1.29, 1.82) is 0 Å². The minimum absolute atomic E-state index is 0.0446. The number of hydrogen-bond donors (Lipinski definition) is 1. The number of nitrogens with one attached hydrogen (secondary N) is 1. The minimum atomic E-state index is -4.18. The second-order valence-corrected chi connectivity index (χ2v) is 12.1. The Labute approximate surface area is 244 Å². The van der Waals surface area contributed by atoms with Crippen molar-refractivity contribution in [2.24, 2.45) is 0 Å². The molecular formula is C32H41N3O5S. The van der Waals surface area contributed by atoms with Crippen LogP contribution in [0.25, 0.3) is 0 Å². The fourth-order valence-corrected chi connectivity index (χ4v) is 6.03. The highest BCUT2D eigenvalue weighted by Gasteiger charge is 2.35. The lowest BCUT2D eigenvalue weighted by Crippen LogP contribution is -2.53. The fourth-order valence-electron chi connectivity index (χ4n) is 4.60. The van der Waals surface area contributed by atoms with Gasteiger partial charge in [0.2, 0.25) is 11.8 Å². The first kappa shape index (κ1) is 31.7. The third kappa shape index (κ3) is 7.88. The van der Waals surface area contributed by atoms with Gasteiger partial charge in [-0.2, -0.15) is 0 Å². The summed E-state index contributed by atoms with van der Waals surface area (Å²) in [6.07, 6.45) is 1.10. The van der Waals surface area contributed by atoms with E-state index in [9.17, 15) is 18.0 Å². The summed E-state index contributed by atoms with van der Waals surface area (Å²) in [5, 5.41) is 3.00. The van der Waals surface area contributed by atoms with E-state index >= 15 is 0 Å². The number of rotatable bonds is 13. The van der Waals surface area contributed by atoms with E-state index in [0.717, 1.165) is 27.4 Å². The minimum Gasteiger partial charge on any atom is -0.495 e. The highest BCUT2D eigenvalue weighted by molar-refractivity contribution is 7.92. The number of amides is 2. The molecule has 0 spiro atoms. The van der Waals surface area contributed by atoms with E-state index in [-0.39, 0.29) is 29.1 Å². The summed E-state index contributed by atoms with van der Waals surface area (Å²) in [5.74, 6) is -0.455. The number of sulfonamides is 1. The zero-order valence-electron chi connectivity index (χ0n) is 24.8. The lowest BCUT2D eigenvalue weighted by atomic mass is 10.1. The van der Waals surface area contributed by atoms with Crippen LogP contribution in [0, 0.1) is 13.8 Å². The molecule has 2 amide bonds. The van der Waals surface area contributed by atoms with Crippen molar-refractivity contribution in [2.75, 3.05) is 18.0 Å². The van der Waals surface area contributed by atoms with Gasteiger partial charge in [0.05, 0.1) is 17.7 Å². The zero-order chi connectivity index (χ0) is 30.2. The largest absolute Gasteiger partial charge is 0.495 e. The number of methoxy groups -OCH3 is 1. The smallest absolute Gasteiger partial charge is 0.264 e. The normalized spacial score (nSPS) is 12.7. The number of anilines is 1. The quantitative estimate of drug-likeness (QED) is 0.299. The van der Waals surface area contributed by atoms with Gasteiger partial charge in [0.15, 0.2) is 0 Å². The Hall–Kier alpha value is -3.85. The second-order valence-electron chi connectivity index (χ2n) is 10.3. The van der Waals surface area contributed by atoms with Crippen molar-refractivity contribution < 1.29 is 22.7 Å². The summed E-state index contributed by atoms with van der Waals surface area (Å²) in [5.41, 5.74) is 2.92. The molecule has 0 saturated carbocycles. The van der Waals surface area contributed by atoms with E-state index < -0.39 is 28.5 Å². The lowest BCUT2D eigenvalue weighted by molar-refractivity contribution is -0.140. The number of carbonyl (C=O) groups excluding carboxylic acids is 2. The van der Waals surface area contributed by atoms with Gasteiger partial charge in [-0.1, -0.05) is 67.9 Å². The zero-order valence-corrected chi connectivity index (χ0v) is 25.6. The average Bonchev–Trinajstić information content (AvgIpc) is 2.96. The Morgan fingerprint density at radius 2 is 1.59 bits per heavy atom. The number of hydrogen-bond acceptors (Lipinski definition) is 5. The average molecular weight is 580 g/mol. The molecule has 0 aromatic heterocycles. The van der Waals surface area contributed by atoms with Crippen LogP contribution in [0.3, 0.4) is 0 Å². The fraction of sp³-hybridized carbons (Fsp3) is 0.375. The van der Waals surface area contributed by atoms with E-state index in [1.54, 1.807) is 30.3 Å². The van der Waals surface area contributed by atoms with Crippen LogP contribution in [0.1, 0.15) is 50.3 Å². The molecule has 2 atom stereocenters. The van der Waals surface area contributed by atoms with E-state index in [0.29, 0.717) is 12.2 Å². The second kappa shape index (κ2) is 14.2. The maximum Gasteiger partial charge on any atom is 0.264 e. The summed E-state index contributed by atoms with van der Waals surface area (Å²) < 4.78 is 34.7. The number of nitrogens with zero attached hydrogens (tertiary/aromatic N) is 2. The first-order chi connectivity index (χ1) is 19.5. The molecule has 220 valence electrons. The van der Waals surface area contributed by atoms with Crippen LogP contribution in [0.15, 0.2) is 77.7 Å². The van der Waals surface area contributed by atoms with Gasteiger partial charge in [-0.25, -0.2) is 8.42 Å². The summed E-state index contributed by atoms with van der Waals surface area (Å²) in [6, 6.07) is 20.0. The molecule has 0 aliphatic carbocycles. The van der Waals surface area contributed by atoms with Crippen molar-refractivity contribution in [2.45, 2.75) is 71.0 Å². The van der Waals surface area contributed by atoms with Gasteiger partial charge in [-0.05, 0) is 69.0 Å². The van der Waals surface area contributed by atoms with Crippen LogP contribution in [0.2, 0.25) is 0 Å². The van der Waals surface area contributed by atoms with Crippen LogP contribution in [-0.2, 0) is 26.2 Å². The molecule has 0 aliphatic rings. The van der Waals surface area contributed by atoms with Crippen LogP contribution in [0.5, 0.6) is 5.75 Å². The van der Waals surface area contributed by atoms with Crippen LogP contribution < -0.4 is 14.4 Å². The topological polar surface area (TPSA) is 96.0 Å². The lowest BCUT2D eigenvalue weighted by Gasteiger charge is -2.34. The SMILES string of the molecule is CC[C@H](C(=O)N[C@@H](C)CC)N(Cc1cccc(C)c1)C(=O)CN(c1cc(C)ccc1OC)S(=O)(=O)c1ccccc1. The molecule has 9 heteroatoms. The Kier molecular flexibility index (Phi) is 10.9. The maximum absolute atomic E-state index is 14.2. The molecule has 0 saturated heterocycles. The van der Waals surface area contributed by atoms with Gasteiger partial charge in [0.1, 0.15) is 18.3 Å². The molecule has 0 aliphatic heterocycles. The first-order valence-electron chi connectivity index (χ1n) is 13.9. The van der Waals surface area contributed by atoms with Crippen LogP contribution in [-0.4, -0.2) is 50.9 Å². The van der Waals surface area contributed by atoms with Crippen molar-refractivity contribution >= 4 is 27.5 Å². The van der Waals surface area contributed by atoms with Crippen LogP contribution >= 0.6 is 0 Å². The van der Waals surface area contributed by atoms with Crippen molar-refractivity contribution in [3.05, 3.63) is 89.5 Å². The molecule has 0 bridgehead atoms. The molecule has 0 radical (unpaired) electrons. The van der Waals surface area contributed by atoms with Crippen molar-refractivity contribution in [3.8, 4) is 5.75 Å². The van der Waals surface area contributed by atoms with Crippen molar-refractivity contribution in [3.63, 3.8) is 0 Å². The van der Waals surface area contributed by atoms with Gasteiger partial charge in [-0.3, -0.25) is 13.9 Å². The summed E-state index contributed by atoms with van der Waals surface area (Å²) in [7, 11) is -2.72. The standard InChI is InChI=1S/C32H41N3O5S/c1-7-25(5)33-32(37)28(8-2)34(21-26-14-12-13-23(3)19-26)31(36)22-35(29-20-24(4)17-18-30(29)40-6)41(38,39)27-15-10-9-11-16-27/h9-20,25,28H,7-8,21-22H2,1-6H3,(H,33,37)/t25-,28+/m0/s1. The molecular weight excluding hydrogens is 538 g/mol. The third-order valence-corrected chi connectivity index (χ3v) is 8.81.